The highest BCUT2D eigenvalue weighted by Gasteiger charge is 2.12. The molecule has 1 atom stereocenters. The van der Waals surface area contributed by atoms with E-state index >= 15 is 0 Å². The molecule has 1 aromatic carbocycles. The van der Waals surface area contributed by atoms with E-state index in [1.54, 1.807) is 18.2 Å². The third kappa shape index (κ3) is 2.33. The summed E-state index contributed by atoms with van der Waals surface area (Å²) >= 11 is 1.45. The Morgan fingerprint density at radius 2 is 2.25 bits per heavy atom. The van der Waals surface area contributed by atoms with Gasteiger partial charge in [0.15, 0.2) is 0 Å². The van der Waals surface area contributed by atoms with Crippen LogP contribution in [0.3, 0.4) is 0 Å². The molecule has 3 nitrogen and oxygen atoms in total. The van der Waals surface area contributed by atoms with Crippen LogP contribution < -0.4 is 0 Å². The number of aliphatic hydroxyl groups is 1. The number of unbranched alkanes of at least 4 members (excludes halogenated alkanes) is 1. The van der Waals surface area contributed by atoms with E-state index in [-0.39, 0.29) is 5.75 Å². The molecular formula is C12H15NO2S. The molecule has 0 aliphatic carbocycles. The Morgan fingerprint density at radius 1 is 1.44 bits per heavy atom. The van der Waals surface area contributed by atoms with Crippen LogP contribution in [0.2, 0.25) is 0 Å². The molecule has 2 rings (SSSR count). The maximum atomic E-state index is 9.91. The molecule has 1 unspecified atom stereocenters. The number of phenols is 1. The summed E-state index contributed by atoms with van der Waals surface area (Å²) in [5, 5.41) is 20.0. The fourth-order valence-corrected chi connectivity index (χ4v) is 2.62. The highest BCUT2D eigenvalue weighted by molar-refractivity contribution is 7.18. The summed E-state index contributed by atoms with van der Waals surface area (Å²) in [6.07, 6.45) is 2.35. The van der Waals surface area contributed by atoms with E-state index in [1.807, 2.05) is 0 Å². The summed E-state index contributed by atoms with van der Waals surface area (Å²) in [5.74, 6) is 0.241. The number of aromatic nitrogens is 1. The van der Waals surface area contributed by atoms with E-state index in [4.69, 9.17) is 0 Å². The second kappa shape index (κ2) is 4.80. The number of rotatable bonds is 4. The molecule has 2 N–H and O–H groups in total. The van der Waals surface area contributed by atoms with Gasteiger partial charge in [-0.2, -0.15) is 0 Å². The molecule has 0 aliphatic heterocycles. The fraction of sp³-hybridized carbons (Fsp3) is 0.417. The molecule has 2 aromatic rings. The number of phenolic OH excluding ortho intramolecular Hbond substituents is 1. The second-order valence-electron chi connectivity index (χ2n) is 3.86. The topological polar surface area (TPSA) is 53.4 Å². The van der Waals surface area contributed by atoms with Crippen molar-refractivity contribution in [3.8, 4) is 5.75 Å². The highest BCUT2D eigenvalue weighted by Crippen LogP contribution is 2.30. The number of hydrogen-bond donors (Lipinski definition) is 2. The molecule has 1 aromatic heterocycles. The van der Waals surface area contributed by atoms with E-state index in [0.29, 0.717) is 0 Å². The van der Waals surface area contributed by atoms with Crippen molar-refractivity contribution in [2.45, 2.75) is 32.3 Å². The molecule has 0 spiro atoms. The van der Waals surface area contributed by atoms with E-state index in [9.17, 15) is 10.2 Å². The monoisotopic (exact) mass is 237 g/mol. The van der Waals surface area contributed by atoms with Crippen LogP contribution in [0.25, 0.3) is 10.2 Å². The number of fused-ring (bicyclic) bond motifs is 1. The van der Waals surface area contributed by atoms with Gasteiger partial charge in [0.2, 0.25) is 0 Å². The number of hydrogen-bond acceptors (Lipinski definition) is 4. The van der Waals surface area contributed by atoms with Gasteiger partial charge in [-0.1, -0.05) is 19.8 Å². The van der Waals surface area contributed by atoms with Gasteiger partial charge in [0.05, 0.1) is 10.2 Å². The summed E-state index contributed by atoms with van der Waals surface area (Å²) in [5.41, 5.74) is 0.841. The molecule has 0 saturated carbocycles. The van der Waals surface area contributed by atoms with Crippen molar-refractivity contribution in [3.05, 3.63) is 23.2 Å². The van der Waals surface area contributed by atoms with E-state index in [2.05, 4.69) is 11.9 Å². The van der Waals surface area contributed by atoms with Crippen LogP contribution in [0, 0.1) is 0 Å². The van der Waals surface area contributed by atoms with E-state index in [1.165, 1.54) is 11.3 Å². The maximum Gasteiger partial charge on any atom is 0.122 e. The lowest BCUT2D eigenvalue weighted by Gasteiger charge is -2.04. The van der Waals surface area contributed by atoms with Gasteiger partial charge in [0, 0.05) is 0 Å². The van der Waals surface area contributed by atoms with Gasteiger partial charge in [0.25, 0.3) is 0 Å². The van der Waals surface area contributed by atoms with Crippen LogP contribution in [-0.2, 0) is 0 Å². The molecule has 86 valence electrons. The lowest BCUT2D eigenvalue weighted by Crippen LogP contribution is -1.95. The predicted molar refractivity (Wildman–Crippen MR) is 65.8 cm³/mol. The molecule has 0 fully saturated rings. The molecule has 0 saturated heterocycles. The Labute approximate surface area is 98.4 Å². The van der Waals surface area contributed by atoms with E-state index < -0.39 is 6.10 Å². The maximum absolute atomic E-state index is 9.91. The minimum atomic E-state index is -0.473. The first kappa shape index (κ1) is 11.4. The lowest BCUT2D eigenvalue weighted by molar-refractivity contribution is 0.164. The molecule has 0 amide bonds. The van der Waals surface area contributed by atoms with Crippen LogP contribution in [-0.4, -0.2) is 15.2 Å². The van der Waals surface area contributed by atoms with E-state index in [0.717, 1.165) is 34.5 Å². The Morgan fingerprint density at radius 3 is 3.00 bits per heavy atom. The molecule has 16 heavy (non-hydrogen) atoms. The first-order chi connectivity index (χ1) is 7.70. The Kier molecular flexibility index (Phi) is 3.41. The van der Waals surface area contributed by atoms with Gasteiger partial charge in [-0.15, -0.1) is 11.3 Å². The van der Waals surface area contributed by atoms with Gasteiger partial charge < -0.3 is 10.2 Å². The lowest BCUT2D eigenvalue weighted by atomic mass is 10.2. The number of aliphatic hydroxyl groups excluding tert-OH is 1. The van der Waals surface area contributed by atoms with Gasteiger partial charge in [-0.05, 0) is 24.6 Å². The summed E-state index contributed by atoms with van der Waals surface area (Å²) in [7, 11) is 0. The average Bonchev–Trinajstić information content (AvgIpc) is 2.68. The third-order valence-electron chi connectivity index (χ3n) is 2.50. The zero-order chi connectivity index (χ0) is 11.5. The van der Waals surface area contributed by atoms with Crippen molar-refractivity contribution in [1.29, 1.82) is 0 Å². The van der Waals surface area contributed by atoms with Crippen molar-refractivity contribution in [2.75, 3.05) is 0 Å². The molecule has 0 bridgehead atoms. The van der Waals surface area contributed by atoms with Crippen molar-refractivity contribution in [1.82, 2.24) is 4.98 Å². The number of nitrogens with zero attached hydrogens (tertiary/aromatic N) is 1. The highest BCUT2D eigenvalue weighted by atomic mass is 32.1. The van der Waals surface area contributed by atoms with Crippen LogP contribution in [0.15, 0.2) is 18.2 Å². The normalized spacial score (nSPS) is 13.1. The summed E-state index contributed by atoms with van der Waals surface area (Å²) < 4.78 is 0.922. The first-order valence-electron chi connectivity index (χ1n) is 5.48. The smallest absolute Gasteiger partial charge is 0.122 e. The Bertz CT molecular complexity index is 481. The number of thiazole rings is 1. The van der Waals surface area contributed by atoms with Crippen molar-refractivity contribution >= 4 is 21.6 Å². The van der Waals surface area contributed by atoms with Gasteiger partial charge in [-0.25, -0.2) is 4.98 Å². The van der Waals surface area contributed by atoms with Crippen LogP contribution in [0.1, 0.15) is 37.3 Å². The predicted octanol–water partition coefficient (Wildman–Crippen LogP) is 3.23. The van der Waals surface area contributed by atoms with Gasteiger partial charge >= 0.3 is 0 Å². The fourth-order valence-electron chi connectivity index (χ4n) is 1.59. The van der Waals surface area contributed by atoms with Crippen molar-refractivity contribution < 1.29 is 10.2 Å². The quantitative estimate of drug-likeness (QED) is 0.858. The van der Waals surface area contributed by atoms with Crippen LogP contribution in [0.4, 0.5) is 0 Å². The number of aromatic hydroxyl groups is 1. The molecular weight excluding hydrogens is 222 g/mol. The third-order valence-corrected chi connectivity index (χ3v) is 3.62. The van der Waals surface area contributed by atoms with Crippen molar-refractivity contribution in [3.63, 3.8) is 0 Å². The Balaban J connectivity index is 2.25. The minimum absolute atomic E-state index is 0.241. The SMILES string of the molecule is CCCCC(O)c1nc2ccc(O)cc2s1. The summed E-state index contributed by atoms with van der Waals surface area (Å²) in [6.45, 7) is 2.10. The minimum Gasteiger partial charge on any atom is -0.508 e. The molecule has 4 heteroatoms. The zero-order valence-corrected chi connectivity index (χ0v) is 10.00. The summed E-state index contributed by atoms with van der Waals surface area (Å²) in [6, 6.07) is 5.07. The molecule has 0 aliphatic rings. The molecule has 0 radical (unpaired) electrons. The first-order valence-corrected chi connectivity index (χ1v) is 6.30. The Hall–Kier alpha value is -1.13. The average molecular weight is 237 g/mol. The van der Waals surface area contributed by atoms with Crippen LogP contribution in [0.5, 0.6) is 5.75 Å². The standard InChI is InChI=1S/C12H15NO2S/c1-2-3-4-10(15)12-13-9-6-5-8(14)7-11(9)16-12/h5-7,10,14-15H,2-4H2,1H3. The largest absolute Gasteiger partial charge is 0.508 e. The summed E-state index contributed by atoms with van der Waals surface area (Å²) in [4.78, 5) is 4.36. The van der Waals surface area contributed by atoms with Gasteiger partial charge in [-0.3, -0.25) is 0 Å². The molecule has 1 heterocycles. The van der Waals surface area contributed by atoms with Crippen molar-refractivity contribution in [2.24, 2.45) is 0 Å². The zero-order valence-electron chi connectivity index (χ0n) is 9.18. The second-order valence-corrected chi connectivity index (χ2v) is 4.92. The van der Waals surface area contributed by atoms with Gasteiger partial charge in [0.1, 0.15) is 16.9 Å². The van der Waals surface area contributed by atoms with Crippen LogP contribution >= 0.6 is 11.3 Å². The number of benzene rings is 1.